The van der Waals surface area contributed by atoms with Gasteiger partial charge in [-0.1, -0.05) is 23.5 Å². The lowest BCUT2D eigenvalue weighted by Crippen LogP contribution is -2.22. The molecule has 13 heteroatoms. The Bertz CT molecular complexity index is 1320. The highest BCUT2D eigenvalue weighted by Crippen LogP contribution is 2.34. The zero-order valence-corrected chi connectivity index (χ0v) is 19.0. The first kappa shape index (κ1) is 22.1. The molecule has 12 nitrogen and oxygen atoms in total. The maximum absolute atomic E-state index is 9.58. The molecule has 3 heterocycles. The van der Waals surface area contributed by atoms with Crippen molar-refractivity contribution in [2.75, 3.05) is 37.1 Å². The molecule has 0 bridgehead atoms. The first-order valence-electron chi connectivity index (χ1n) is 9.90. The van der Waals surface area contributed by atoms with E-state index in [0.29, 0.717) is 29.1 Å². The van der Waals surface area contributed by atoms with Gasteiger partial charge in [-0.15, -0.1) is 15.3 Å². The second kappa shape index (κ2) is 9.55. The van der Waals surface area contributed by atoms with Gasteiger partial charge in [0, 0.05) is 20.2 Å². The third-order valence-electron chi connectivity index (χ3n) is 4.48. The summed E-state index contributed by atoms with van der Waals surface area (Å²) >= 11 is 1.46. The topological polar surface area (TPSA) is 164 Å². The Morgan fingerprint density at radius 3 is 2.76 bits per heavy atom. The van der Waals surface area contributed by atoms with Gasteiger partial charge in [0.25, 0.3) is 0 Å². The lowest BCUT2D eigenvalue weighted by atomic mass is 10.3. The fraction of sp³-hybridized carbons (Fsp3) is 0.250. The monoisotopic (exact) mass is 463 g/mol. The summed E-state index contributed by atoms with van der Waals surface area (Å²) in [5.74, 6) is 0.974. The summed E-state index contributed by atoms with van der Waals surface area (Å²) in [6, 6.07) is 9.79. The Morgan fingerprint density at radius 2 is 2.03 bits per heavy atom. The van der Waals surface area contributed by atoms with Gasteiger partial charge in [-0.05, 0) is 19.1 Å². The molecule has 0 radical (unpaired) electrons. The minimum Gasteiger partial charge on any atom is -0.383 e. The van der Waals surface area contributed by atoms with Crippen LogP contribution >= 0.6 is 11.3 Å². The molecule has 0 saturated carbocycles. The zero-order valence-electron chi connectivity index (χ0n) is 18.1. The number of hydrogen-bond donors (Lipinski definition) is 3. The number of thiazole rings is 1. The number of para-hydroxylation sites is 1. The summed E-state index contributed by atoms with van der Waals surface area (Å²) in [5, 5.41) is 29.3. The minimum absolute atomic E-state index is 0.0724. The van der Waals surface area contributed by atoms with Crippen LogP contribution < -0.4 is 16.4 Å². The Labute approximate surface area is 193 Å². The van der Waals surface area contributed by atoms with E-state index in [-0.39, 0.29) is 23.4 Å². The number of fused-ring (bicyclic) bond motifs is 1. The molecular weight excluding hydrogens is 442 g/mol. The van der Waals surface area contributed by atoms with Crippen molar-refractivity contribution in [2.45, 2.75) is 13.0 Å². The minimum atomic E-state index is -0.0733. The van der Waals surface area contributed by atoms with E-state index in [4.69, 9.17) is 10.5 Å². The van der Waals surface area contributed by atoms with Crippen LogP contribution in [0.2, 0.25) is 0 Å². The number of anilines is 3. The van der Waals surface area contributed by atoms with Crippen molar-refractivity contribution >= 4 is 50.6 Å². The molecule has 4 aromatic rings. The Hall–Kier alpha value is -4.15. The second-order valence-electron chi connectivity index (χ2n) is 6.97. The quantitative estimate of drug-likeness (QED) is 0.331. The lowest BCUT2D eigenvalue weighted by molar-refractivity contribution is 0.190. The normalized spacial score (nSPS) is 12.2. The van der Waals surface area contributed by atoms with E-state index < -0.39 is 0 Å². The number of nitriles is 1. The van der Waals surface area contributed by atoms with Gasteiger partial charge in [0.1, 0.15) is 11.6 Å². The summed E-state index contributed by atoms with van der Waals surface area (Å²) in [5.41, 5.74) is 7.27. The van der Waals surface area contributed by atoms with E-state index in [2.05, 4.69) is 47.0 Å². The molecule has 0 aliphatic carbocycles. The van der Waals surface area contributed by atoms with Gasteiger partial charge in [0.05, 0.1) is 23.0 Å². The summed E-state index contributed by atoms with van der Waals surface area (Å²) in [6.45, 7) is 2.37. The van der Waals surface area contributed by atoms with E-state index >= 15 is 0 Å². The molecular formula is C20H21N11OS. The van der Waals surface area contributed by atoms with Crippen molar-refractivity contribution in [1.29, 1.82) is 5.26 Å². The summed E-state index contributed by atoms with van der Waals surface area (Å²) in [4.78, 5) is 13.0. The largest absolute Gasteiger partial charge is 0.383 e. The highest BCUT2D eigenvalue weighted by Gasteiger charge is 2.17. The fourth-order valence-electron chi connectivity index (χ4n) is 3.04. The van der Waals surface area contributed by atoms with Gasteiger partial charge >= 0.3 is 0 Å². The van der Waals surface area contributed by atoms with Gasteiger partial charge < -0.3 is 21.1 Å². The summed E-state index contributed by atoms with van der Waals surface area (Å²) in [6.07, 6.45) is 1.57. The molecule has 0 saturated heterocycles. The molecule has 0 amide bonds. The van der Waals surface area contributed by atoms with E-state index in [0.717, 1.165) is 10.2 Å². The fourth-order valence-corrected chi connectivity index (χ4v) is 3.93. The molecule has 0 fully saturated rings. The molecule has 4 N–H and O–H groups in total. The number of methoxy groups -OCH3 is 1. The van der Waals surface area contributed by atoms with E-state index in [9.17, 15) is 5.26 Å². The van der Waals surface area contributed by atoms with Crippen molar-refractivity contribution in [2.24, 2.45) is 10.2 Å². The van der Waals surface area contributed by atoms with Crippen LogP contribution in [-0.4, -0.2) is 51.5 Å². The average molecular weight is 464 g/mol. The van der Waals surface area contributed by atoms with Crippen LogP contribution in [0.1, 0.15) is 12.5 Å². The second-order valence-corrected chi connectivity index (χ2v) is 7.97. The Kier molecular flexibility index (Phi) is 6.38. The van der Waals surface area contributed by atoms with E-state index in [1.807, 2.05) is 31.2 Å². The number of benzene rings is 1. The van der Waals surface area contributed by atoms with Crippen molar-refractivity contribution in [1.82, 2.24) is 24.7 Å². The smallest absolute Gasteiger partial charge is 0.224 e. The number of aromatic nitrogens is 5. The third kappa shape index (κ3) is 4.71. The van der Waals surface area contributed by atoms with E-state index in [1.54, 1.807) is 20.4 Å². The molecule has 168 valence electrons. The molecule has 0 spiro atoms. The maximum atomic E-state index is 9.58. The molecule has 1 unspecified atom stereocenters. The van der Waals surface area contributed by atoms with E-state index in [1.165, 1.54) is 16.0 Å². The standard InChI is InChI=1S/C20H21N11OS/c1-11(10-32-3)24-18-15(17(23-2)26-19(22)27-18)28-29-16-12(8-21)9-31(30-16)20-25-13-6-4-5-7-14(13)33-20/h4-7,9,11H,10H2,1-3H3,(H4,22,23,24,26,27). The van der Waals surface area contributed by atoms with Crippen molar-refractivity contribution < 1.29 is 4.74 Å². The first-order chi connectivity index (χ1) is 16.0. The Balaban J connectivity index is 1.71. The van der Waals surface area contributed by atoms with Crippen LogP contribution in [0.25, 0.3) is 15.3 Å². The predicted molar refractivity (Wildman–Crippen MR) is 127 cm³/mol. The summed E-state index contributed by atoms with van der Waals surface area (Å²) in [7, 11) is 3.29. The number of hydrogen-bond acceptors (Lipinski definition) is 12. The number of nitrogen functional groups attached to an aromatic ring is 1. The van der Waals surface area contributed by atoms with Crippen LogP contribution in [0.5, 0.6) is 0 Å². The highest BCUT2D eigenvalue weighted by atomic mass is 32.1. The third-order valence-corrected chi connectivity index (χ3v) is 5.50. The highest BCUT2D eigenvalue weighted by molar-refractivity contribution is 7.20. The SMILES string of the molecule is CNc1nc(N)nc(NC(C)COC)c1N=Nc1nn(-c2nc3ccccc3s2)cc1C#N. The molecule has 33 heavy (non-hydrogen) atoms. The Morgan fingerprint density at radius 1 is 1.24 bits per heavy atom. The number of ether oxygens (including phenoxy) is 1. The zero-order chi connectivity index (χ0) is 23.4. The van der Waals surface area contributed by atoms with Crippen molar-refractivity contribution in [3.05, 3.63) is 36.0 Å². The van der Waals surface area contributed by atoms with Gasteiger partial charge in [0.15, 0.2) is 17.3 Å². The average Bonchev–Trinajstić information content (AvgIpc) is 3.42. The van der Waals surface area contributed by atoms with Crippen LogP contribution in [0.3, 0.4) is 0 Å². The molecule has 3 aromatic heterocycles. The molecule has 4 rings (SSSR count). The van der Waals surface area contributed by atoms with Crippen LogP contribution in [0, 0.1) is 11.3 Å². The van der Waals surface area contributed by atoms with Gasteiger partial charge in [-0.3, -0.25) is 0 Å². The van der Waals surface area contributed by atoms with Gasteiger partial charge in [-0.25, -0.2) is 9.67 Å². The number of rotatable bonds is 8. The number of nitrogens with one attached hydrogen (secondary N) is 2. The van der Waals surface area contributed by atoms with Gasteiger partial charge in [-0.2, -0.15) is 15.2 Å². The number of azo groups is 1. The number of nitrogens with zero attached hydrogens (tertiary/aromatic N) is 8. The maximum Gasteiger partial charge on any atom is 0.224 e. The van der Waals surface area contributed by atoms with Crippen LogP contribution in [-0.2, 0) is 4.74 Å². The molecule has 1 atom stereocenters. The lowest BCUT2D eigenvalue weighted by Gasteiger charge is -2.16. The van der Waals surface area contributed by atoms with Crippen LogP contribution in [0.4, 0.5) is 29.1 Å². The van der Waals surface area contributed by atoms with Gasteiger partial charge in [0.2, 0.25) is 16.9 Å². The number of nitrogens with two attached hydrogens (primary N) is 1. The van der Waals surface area contributed by atoms with Crippen LogP contribution in [0.15, 0.2) is 40.7 Å². The summed E-state index contributed by atoms with van der Waals surface area (Å²) < 4.78 is 7.71. The first-order valence-corrected chi connectivity index (χ1v) is 10.7. The molecule has 1 aromatic carbocycles. The molecule has 0 aliphatic heterocycles. The van der Waals surface area contributed by atoms with Crippen molar-refractivity contribution in [3.63, 3.8) is 0 Å². The van der Waals surface area contributed by atoms with Crippen molar-refractivity contribution in [3.8, 4) is 11.2 Å². The predicted octanol–water partition coefficient (Wildman–Crippen LogP) is 3.63. The molecule has 0 aliphatic rings.